The minimum absolute atomic E-state index is 0.0915. The maximum Gasteiger partial charge on any atom is 0.220 e. The molecule has 170 valence electrons. The van der Waals surface area contributed by atoms with E-state index in [4.69, 9.17) is 4.74 Å². The maximum absolute atomic E-state index is 12.3. The van der Waals surface area contributed by atoms with Crippen LogP contribution in [0.4, 0.5) is 0 Å². The fourth-order valence-electron chi connectivity index (χ4n) is 3.93. The number of rotatable bonds is 12. The number of amides is 1. The van der Waals surface area contributed by atoms with Crippen molar-refractivity contribution in [2.75, 3.05) is 6.54 Å². The predicted octanol–water partition coefficient (Wildman–Crippen LogP) is 2.77. The summed E-state index contributed by atoms with van der Waals surface area (Å²) in [5.74, 6) is 0.637. The average Bonchev–Trinajstić information content (AvgIpc) is 2.72. The van der Waals surface area contributed by atoms with Gasteiger partial charge >= 0.3 is 0 Å². The number of carbonyl (C=O) groups excluding carboxylic acids is 1. The lowest BCUT2D eigenvalue weighted by Gasteiger charge is -2.42. The van der Waals surface area contributed by atoms with Gasteiger partial charge in [0.2, 0.25) is 5.91 Å². The lowest BCUT2D eigenvalue weighted by atomic mass is 9.93. The molecule has 1 fully saturated rings. The van der Waals surface area contributed by atoms with Crippen molar-refractivity contribution in [2.24, 2.45) is 5.92 Å². The van der Waals surface area contributed by atoms with Crippen LogP contribution in [-0.2, 0) is 16.1 Å². The summed E-state index contributed by atoms with van der Waals surface area (Å²) in [6.45, 7) is 7.37. The lowest BCUT2D eigenvalue weighted by Crippen LogP contribution is -2.64. The van der Waals surface area contributed by atoms with E-state index in [1.807, 2.05) is 37.3 Å². The van der Waals surface area contributed by atoms with E-state index in [0.717, 1.165) is 30.7 Å². The van der Waals surface area contributed by atoms with E-state index in [1.165, 1.54) is 12.8 Å². The molecule has 0 aliphatic carbocycles. The van der Waals surface area contributed by atoms with Crippen molar-refractivity contribution in [2.45, 2.75) is 96.3 Å². The highest BCUT2D eigenvalue weighted by Gasteiger charge is 2.42. The first-order chi connectivity index (χ1) is 14.4. The minimum atomic E-state index is -1.05. The molecule has 4 N–H and O–H groups in total. The Balaban J connectivity index is 1.70. The summed E-state index contributed by atoms with van der Waals surface area (Å²) in [5, 5.41) is 27.2. The number of nitrogens with one attached hydrogen (secondary N) is 2. The van der Waals surface area contributed by atoms with Crippen LogP contribution in [0.3, 0.4) is 0 Å². The van der Waals surface area contributed by atoms with Gasteiger partial charge in [0.25, 0.3) is 0 Å². The third kappa shape index (κ3) is 8.34. The van der Waals surface area contributed by atoms with Crippen LogP contribution in [0.25, 0.3) is 0 Å². The number of hydrogen-bond acceptors (Lipinski definition) is 5. The summed E-state index contributed by atoms with van der Waals surface area (Å²) in [5.41, 5.74) is 1.14. The topological polar surface area (TPSA) is 90.8 Å². The van der Waals surface area contributed by atoms with Gasteiger partial charge in [0, 0.05) is 19.5 Å². The zero-order chi connectivity index (χ0) is 21.9. The molecule has 0 radical (unpaired) electrons. The summed E-state index contributed by atoms with van der Waals surface area (Å²) in [6, 6.07) is 9.38. The molecule has 0 saturated carbocycles. The van der Waals surface area contributed by atoms with E-state index in [9.17, 15) is 15.0 Å². The van der Waals surface area contributed by atoms with Crippen LogP contribution in [0.1, 0.15) is 64.9 Å². The first kappa shape index (κ1) is 24.8. The average molecular weight is 421 g/mol. The van der Waals surface area contributed by atoms with Crippen molar-refractivity contribution in [1.82, 2.24) is 10.6 Å². The zero-order valence-corrected chi connectivity index (χ0v) is 18.7. The summed E-state index contributed by atoms with van der Waals surface area (Å²) in [4.78, 5) is 12.3. The Bertz CT molecular complexity index is 610. The van der Waals surface area contributed by atoms with Crippen LogP contribution in [0.5, 0.6) is 0 Å². The number of carbonyl (C=O) groups is 1. The van der Waals surface area contributed by atoms with E-state index in [-0.39, 0.29) is 12.0 Å². The largest absolute Gasteiger partial charge is 0.388 e. The van der Waals surface area contributed by atoms with E-state index in [0.29, 0.717) is 19.5 Å². The summed E-state index contributed by atoms with van der Waals surface area (Å²) in [7, 11) is 0. The fraction of sp³-hybridized carbons (Fsp3) is 0.708. The van der Waals surface area contributed by atoms with Crippen molar-refractivity contribution in [1.29, 1.82) is 0 Å². The van der Waals surface area contributed by atoms with Gasteiger partial charge in [-0.25, -0.2) is 0 Å². The predicted molar refractivity (Wildman–Crippen MR) is 119 cm³/mol. The molecule has 1 aliphatic rings. The van der Waals surface area contributed by atoms with Crippen LogP contribution >= 0.6 is 0 Å². The van der Waals surface area contributed by atoms with Gasteiger partial charge in [-0.15, -0.1) is 0 Å². The third-order valence-electron chi connectivity index (χ3n) is 5.77. The van der Waals surface area contributed by atoms with Crippen molar-refractivity contribution >= 4 is 5.91 Å². The lowest BCUT2D eigenvalue weighted by molar-refractivity contribution is -0.179. The molecule has 0 spiro atoms. The molecular formula is C24H40N2O4. The molecular weight excluding hydrogens is 380 g/mol. The van der Waals surface area contributed by atoms with Gasteiger partial charge in [0.15, 0.2) is 0 Å². The Morgan fingerprint density at radius 1 is 1.07 bits per heavy atom. The van der Waals surface area contributed by atoms with Crippen molar-refractivity contribution in [3.05, 3.63) is 35.9 Å². The second-order valence-corrected chi connectivity index (χ2v) is 8.92. The van der Waals surface area contributed by atoms with Gasteiger partial charge in [0.05, 0.1) is 18.2 Å². The molecule has 0 aromatic heterocycles. The molecule has 6 heteroatoms. The first-order valence-electron chi connectivity index (χ1n) is 11.4. The van der Waals surface area contributed by atoms with Crippen LogP contribution in [0, 0.1) is 5.92 Å². The molecule has 0 bridgehead atoms. The molecule has 1 aromatic rings. The van der Waals surface area contributed by atoms with Gasteiger partial charge in [-0.05, 0) is 24.8 Å². The zero-order valence-electron chi connectivity index (χ0n) is 18.7. The fourth-order valence-corrected chi connectivity index (χ4v) is 3.93. The number of hydrogen-bond donors (Lipinski definition) is 4. The summed E-state index contributed by atoms with van der Waals surface area (Å²) >= 11 is 0. The van der Waals surface area contributed by atoms with Gasteiger partial charge in [-0.3, -0.25) is 4.79 Å². The molecule has 5 atom stereocenters. The Morgan fingerprint density at radius 3 is 2.47 bits per heavy atom. The van der Waals surface area contributed by atoms with Gasteiger partial charge in [0.1, 0.15) is 12.2 Å². The first-order valence-corrected chi connectivity index (χ1v) is 11.4. The van der Waals surface area contributed by atoms with E-state index >= 15 is 0 Å². The molecule has 1 saturated heterocycles. The van der Waals surface area contributed by atoms with E-state index in [2.05, 4.69) is 24.5 Å². The highest BCUT2D eigenvalue weighted by Crippen LogP contribution is 2.21. The number of aliphatic hydroxyl groups excluding tert-OH is 2. The normalized spacial score (nSPS) is 26.7. The highest BCUT2D eigenvalue weighted by atomic mass is 16.5. The van der Waals surface area contributed by atoms with Gasteiger partial charge < -0.3 is 25.6 Å². The SMILES string of the molecule is CC(C)CCCCCCC(=O)NC1[C@H](C)OC(CNCc2ccccc2)[C@@H](O)[C@@H]1O. The van der Waals surface area contributed by atoms with Gasteiger partial charge in [-0.2, -0.15) is 0 Å². The molecule has 2 rings (SSSR count). The Hall–Kier alpha value is -1.47. The van der Waals surface area contributed by atoms with E-state index < -0.39 is 24.4 Å². The van der Waals surface area contributed by atoms with E-state index in [1.54, 1.807) is 0 Å². The molecule has 1 aliphatic heterocycles. The smallest absolute Gasteiger partial charge is 0.220 e. The number of benzene rings is 1. The van der Waals surface area contributed by atoms with Crippen molar-refractivity contribution in [3.8, 4) is 0 Å². The molecule has 1 heterocycles. The number of aliphatic hydroxyl groups is 2. The Morgan fingerprint density at radius 2 is 1.77 bits per heavy atom. The highest BCUT2D eigenvalue weighted by molar-refractivity contribution is 5.76. The molecule has 6 nitrogen and oxygen atoms in total. The standard InChI is InChI=1S/C24H40N2O4/c1-17(2)11-7-4-5-10-14-21(27)26-22-18(3)30-20(23(28)24(22)29)16-25-15-19-12-8-6-9-13-19/h6,8-9,12-13,17-18,20,22-25,28-29H,4-5,7,10-11,14-16H2,1-3H3,(H,26,27)/t18-,20?,22?,23+,24+/m0/s1. The van der Waals surface area contributed by atoms with Crippen LogP contribution in [-0.4, -0.2) is 53.1 Å². The third-order valence-corrected chi connectivity index (χ3v) is 5.77. The molecule has 30 heavy (non-hydrogen) atoms. The van der Waals surface area contributed by atoms with Gasteiger partial charge in [-0.1, -0.05) is 69.9 Å². The second kappa shape index (κ2) is 13.1. The monoisotopic (exact) mass is 420 g/mol. The quantitative estimate of drug-likeness (QED) is 0.390. The van der Waals surface area contributed by atoms with Crippen molar-refractivity contribution in [3.63, 3.8) is 0 Å². The number of ether oxygens (including phenoxy) is 1. The van der Waals surface area contributed by atoms with Crippen LogP contribution in [0.15, 0.2) is 30.3 Å². The molecule has 1 aromatic carbocycles. The molecule has 2 unspecified atom stereocenters. The summed E-state index contributed by atoms with van der Waals surface area (Å²) < 4.78 is 5.91. The Kier molecular flexibility index (Phi) is 10.8. The minimum Gasteiger partial charge on any atom is -0.388 e. The summed E-state index contributed by atoms with van der Waals surface area (Å²) in [6.07, 6.45) is 2.91. The van der Waals surface area contributed by atoms with Crippen molar-refractivity contribution < 1.29 is 19.7 Å². The van der Waals surface area contributed by atoms with Crippen LogP contribution in [0.2, 0.25) is 0 Å². The maximum atomic E-state index is 12.3. The molecule has 1 amide bonds. The number of unbranched alkanes of at least 4 members (excludes halogenated alkanes) is 3. The van der Waals surface area contributed by atoms with Crippen LogP contribution < -0.4 is 10.6 Å². The Labute approximate surface area is 181 Å². The second-order valence-electron chi connectivity index (χ2n) is 8.92.